The van der Waals surface area contributed by atoms with Gasteiger partial charge in [0.25, 0.3) is 8.32 Å². The molecule has 248 valence electrons. The van der Waals surface area contributed by atoms with Crippen LogP contribution in [0.2, 0.25) is 5.04 Å². The summed E-state index contributed by atoms with van der Waals surface area (Å²) in [5.41, 5.74) is 9.57. The van der Waals surface area contributed by atoms with E-state index in [4.69, 9.17) is 25.0 Å². The van der Waals surface area contributed by atoms with E-state index in [9.17, 15) is 0 Å². The number of aromatic nitrogens is 4. The smallest absolute Gasteiger partial charge is 0.261 e. The first-order valence-electron chi connectivity index (χ1n) is 16.6. The molecule has 0 aliphatic rings. The van der Waals surface area contributed by atoms with E-state index in [2.05, 4.69) is 111 Å². The van der Waals surface area contributed by atoms with Crippen LogP contribution in [0.25, 0.3) is 11.0 Å². The molecule has 0 fully saturated rings. The maximum absolute atomic E-state index is 7.24. The van der Waals surface area contributed by atoms with E-state index >= 15 is 0 Å². The van der Waals surface area contributed by atoms with E-state index < -0.39 is 13.9 Å². The van der Waals surface area contributed by atoms with Crippen molar-refractivity contribution >= 4 is 35.5 Å². The molecule has 47 heavy (non-hydrogen) atoms. The van der Waals surface area contributed by atoms with Gasteiger partial charge in [0.1, 0.15) is 23.1 Å². The van der Waals surface area contributed by atoms with Crippen LogP contribution in [0.5, 0.6) is 5.75 Å². The average molecular weight is 651 g/mol. The number of nitrogens with one attached hydrogen (secondary N) is 1. The first kappa shape index (κ1) is 34.3. The summed E-state index contributed by atoms with van der Waals surface area (Å²) in [6, 6.07) is 27.9. The summed E-state index contributed by atoms with van der Waals surface area (Å²) in [7, 11) is -0.940. The third-order valence-electron chi connectivity index (χ3n) is 8.96. The highest BCUT2D eigenvalue weighted by Crippen LogP contribution is 2.37. The minimum absolute atomic E-state index is 0.0755. The first-order chi connectivity index (χ1) is 22.5. The van der Waals surface area contributed by atoms with Gasteiger partial charge in [-0.3, -0.25) is 4.68 Å². The molecule has 1 atom stereocenters. The molecule has 0 aliphatic heterocycles. The van der Waals surface area contributed by atoms with E-state index in [1.165, 1.54) is 10.4 Å². The van der Waals surface area contributed by atoms with Gasteiger partial charge in [0.2, 0.25) is 0 Å². The van der Waals surface area contributed by atoms with Crippen LogP contribution in [0.1, 0.15) is 71.9 Å². The van der Waals surface area contributed by atoms with Crippen LogP contribution in [-0.4, -0.2) is 47.8 Å². The second-order valence-corrected chi connectivity index (χ2v) is 18.2. The van der Waals surface area contributed by atoms with Gasteiger partial charge in [-0.25, -0.2) is 9.97 Å². The number of nitrogens with two attached hydrogens (primary N) is 1. The summed E-state index contributed by atoms with van der Waals surface area (Å²) >= 11 is 0. The Morgan fingerprint density at radius 2 is 1.55 bits per heavy atom. The van der Waals surface area contributed by atoms with Gasteiger partial charge in [-0.15, -0.1) is 0 Å². The van der Waals surface area contributed by atoms with Crippen LogP contribution in [0, 0.1) is 0 Å². The summed E-state index contributed by atoms with van der Waals surface area (Å²) in [5.74, 6) is 1.55. The number of benzene rings is 3. The Balaban J connectivity index is 1.41. The number of fused-ring (bicyclic) bond motifs is 1. The first-order valence-corrected chi connectivity index (χ1v) is 18.5. The Bertz CT molecular complexity index is 1710. The fourth-order valence-corrected chi connectivity index (χ4v) is 11.1. The SMILES string of the molecule is CCC[C@@H](CCO[Si](c1ccccc1)(c1ccccc1)C(C)(C)C)Nc1ncnc2cnn(Cc3ccc(C(C)(C)N)cc3OC)c12. The van der Waals surface area contributed by atoms with Gasteiger partial charge in [-0.2, -0.15) is 5.10 Å². The lowest BCUT2D eigenvalue weighted by atomic mass is 9.94. The molecule has 0 unspecified atom stereocenters. The largest absolute Gasteiger partial charge is 0.496 e. The average Bonchev–Trinajstić information content (AvgIpc) is 3.46. The van der Waals surface area contributed by atoms with Gasteiger partial charge < -0.3 is 20.2 Å². The lowest BCUT2D eigenvalue weighted by molar-refractivity contribution is 0.281. The van der Waals surface area contributed by atoms with E-state index in [-0.39, 0.29) is 11.1 Å². The third-order valence-corrected chi connectivity index (χ3v) is 14.0. The van der Waals surface area contributed by atoms with E-state index in [1.807, 2.05) is 24.6 Å². The minimum atomic E-state index is -2.63. The van der Waals surface area contributed by atoms with E-state index in [0.29, 0.717) is 13.2 Å². The van der Waals surface area contributed by atoms with Crippen molar-refractivity contribution in [2.45, 2.75) is 84.0 Å². The van der Waals surface area contributed by atoms with Crippen LogP contribution in [0.3, 0.4) is 0 Å². The zero-order chi connectivity index (χ0) is 33.7. The van der Waals surface area contributed by atoms with E-state index in [1.54, 1.807) is 19.6 Å². The number of methoxy groups -OCH3 is 1. The standard InChI is InChI=1S/C38H50N6O2Si/c1-8-15-30(22-23-46-47(37(2,3)4,31-16-11-9-12-17-31)32-18-13-10-14-19-32)43-36-35-33(40-27-41-36)25-42-44(35)26-28-20-21-29(38(5,6)39)24-34(28)45-7/h9-14,16-21,24-25,27,30H,8,15,22-23,26,39H2,1-7H3,(H,40,41,43)/t30-/m0/s1. The molecule has 8 nitrogen and oxygen atoms in total. The topological polar surface area (TPSA) is 100 Å². The van der Waals surface area contributed by atoms with Crippen molar-refractivity contribution < 1.29 is 9.16 Å². The molecule has 3 aromatic carbocycles. The lowest BCUT2D eigenvalue weighted by Gasteiger charge is -2.43. The monoisotopic (exact) mass is 650 g/mol. The molecule has 0 radical (unpaired) electrons. The normalized spacial score (nSPS) is 13.1. The van der Waals surface area contributed by atoms with Gasteiger partial charge in [0.15, 0.2) is 5.82 Å². The van der Waals surface area contributed by atoms with Crippen molar-refractivity contribution in [1.29, 1.82) is 0 Å². The maximum atomic E-state index is 7.24. The lowest BCUT2D eigenvalue weighted by Crippen LogP contribution is -2.66. The third kappa shape index (κ3) is 7.43. The number of rotatable bonds is 14. The summed E-state index contributed by atoms with van der Waals surface area (Å²) in [6.45, 7) is 14.3. The predicted molar refractivity (Wildman–Crippen MR) is 195 cm³/mol. The summed E-state index contributed by atoms with van der Waals surface area (Å²) in [4.78, 5) is 9.25. The van der Waals surface area contributed by atoms with Crippen LogP contribution in [-0.2, 0) is 16.5 Å². The molecular weight excluding hydrogens is 601 g/mol. The molecule has 5 aromatic rings. The molecule has 3 N–H and O–H groups in total. The fraction of sp³-hybridized carbons (Fsp3) is 0.395. The molecule has 0 saturated carbocycles. The number of hydrogen-bond acceptors (Lipinski definition) is 7. The molecule has 2 heterocycles. The van der Waals surface area contributed by atoms with Crippen LogP contribution >= 0.6 is 0 Å². The second-order valence-electron chi connectivity index (χ2n) is 13.9. The molecule has 9 heteroatoms. The van der Waals surface area contributed by atoms with Gasteiger partial charge in [0, 0.05) is 23.8 Å². The Kier molecular flexibility index (Phi) is 10.5. The molecule has 0 amide bonds. The highest BCUT2D eigenvalue weighted by molar-refractivity contribution is 6.99. The van der Waals surface area contributed by atoms with Crippen molar-refractivity contribution in [1.82, 2.24) is 19.7 Å². The maximum Gasteiger partial charge on any atom is 0.261 e. The van der Waals surface area contributed by atoms with Crippen LogP contribution in [0.15, 0.2) is 91.4 Å². The van der Waals surface area contributed by atoms with Crippen molar-refractivity contribution in [2.24, 2.45) is 5.73 Å². The fourth-order valence-electron chi connectivity index (χ4n) is 6.53. The van der Waals surface area contributed by atoms with Gasteiger partial charge >= 0.3 is 0 Å². The molecular formula is C38H50N6O2Si. The minimum Gasteiger partial charge on any atom is -0.496 e. The molecule has 0 aliphatic carbocycles. The summed E-state index contributed by atoms with van der Waals surface area (Å²) < 4.78 is 15.0. The number of hydrogen-bond donors (Lipinski definition) is 2. The predicted octanol–water partition coefficient (Wildman–Crippen LogP) is 6.62. The van der Waals surface area contributed by atoms with Gasteiger partial charge in [0.05, 0.1) is 19.9 Å². The van der Waals surface area contributed by atoms with Crippen LogP contribution < -0.4 is 26.2 Å². The number of ether oxygens (including phenoxy) is 1. The van der Waals surface area contributed by atoms with Gasteiger partial charge in [-0.05, 0) is 53.7 Å². The zero-order valence-electron chi connectivity index (χ0n) is 29.0. The number of nitrogens with zero attached hydrogens (tertiary/aromatic N) is 4. The van der Waals surface area contributed by atoms with Crippen LogP contribution in [0.4, 0.5) is 5.82 Å². The zero-order valence-corrected chi connectivity index (χ0v) is 30.0. The highest BCUT2D eigenvalue weighted by Gasteiger charge is 2.50. The Labute approximate surface area is 280 Å². The number of anilines is 1. The molecule has 0 spiro atoms. The van der Waals surface area contributed by atoms with Crippen molar-refractivity contribution in [3.05, 3.63) is 103 Å². The molecule has 0 saturated heterocycles. The quantitative estimate of drug-likeness (QED) is 0.130. The van der Waals surface area contributed by atoms with E-state index in [0.717, 1.165) is 53.0 Å². The Morgan fingerprint density at radius 1 is 0.894 bits per heavy atom. The second kappa shape index (κ2) is 14.4. The van der Waals surface area contributed by atoms with Crippen molar-refractivity contribution in [2.75, 3.05) is 19.0 Å². The van der Waals surface area contributed by atoms with Gasteiger partial charge in [-0.1, -0.05) is 107 Å². The van der Waals surface area contributed by atoms with Crippen molar-refractivity contribution in [3.63, 3.8) is 0 Å². The molecule has 5 rings (SSSR count). The van der Waals surface area contributed by atoms with Crippen molar-refractivity contribution in [3.8, 4) is 5.75 Å². The highest BCUT2D eigenvalue weighted by atomic mass is 28.4. The summed E-state index contributed by atoms with van der Waals surface area (Å²) in [5, 5.41) is 11.0. The summed E-state index contributed by atoms with van der Waals surface area (Å²) in [6.07, 6.45) is 6.26. The Morgan fingerprint density at radius 3 is 2.13 bits per heavy atom. The molecule has 0 bridgehead atoms. The molecule has 2 aromatic heterocycles. The Hall–Kier alpha value is -4.05.